The lowest BCUT2D eigenvalue weighted by atomic mass is 10.0. The van der Waals surface area contributed by atoms with Gasteiger partial charge in [0.25, 0.3) is 0 Å². The minimum Gasteiger partial charge on any atom is -0.494 e. The number of ether oxygens (including phenoxy) is 4. The highest BCUT2D eigenvalue weighted by Gasteiger charge is 2.31. The Balaban J connectivity index is 1.62. The molecule has 4 heterocycles. The van der Waals surface area contributed by atoms with Crippen LogP contribution in [0, 0.1) is 11.6 Å². The topological polar surface area (TPSA) is 117 Å². The van der Waals surface area contributed by atoms with E-state index in [0.29, 0.717) is 49.0 Å². The lowest BCUT2D eigenvalue weighted by Crippen LogP contribution is -2.52. The largest absolute Gasteiger partial charge is 0.494 e. The number of hydrogen-bond donors (Lipinski definition) is 2. The lowest BCUT2D eigenvalue weighted by molar-refractivity contribution is 0.0766. The standard InChI is InChI=1S/C24H28F2N6O4/c1-33-13-9-32(10-13)23-22-12(8-28-24(31-22)30-16-11-36-5-4-14(16)27)6-15(29-23)19-20(25)17(34-2)7-18(35-3)21(19)26/h6-8,13-14,16H,4-5,9-11,27H2,1-3H3,(H,28,30,31). The zero-order valence-corrected chi connectivity index (χ0v) is 20.3. The van der Waals surface area contributed by atoms with Crippen LogP contribution in [-0.4, -0.2) is 80.8 Å². The van der Waals surface area contributed by atoms with Gasteiger partial charge in [-0.15, -0.1) is 0 Å². The summed E-state index contributed by atoms with van der Waals surface area (Å²) in [5, 5.41) is 3.80. The van der Waals surface area contributed by atoms with E-state index >= 15 is 8.78 Å². The van der Waals surface area contributed by atoms with Crippen LogP contribution in [0.4, 0.5) is 20.5 Å². The Morgan fingerprint density at radius 3 is 2.44 bits per heavy atom. The molecular weight excluding hydrogens is 474 g/mol. The average Bonchev–Trinajstić information content (AvgIpc) is 2.85. The van der Waals surface area contributed by atoms with Gasteiger partial charge < -0.3 is 34.9 Å². The van der Waals surface area contributed by atoms with Gasteiger partial charge in [-0.2, -0.15) is 0 Å². The fraction of sp³-hybridized carbons (Fsp3) is 0.458. The van der Waals surface area contributed by atoms with Crippen molar-refractivity contribution in [2.24, 2.45) is 5.73 Å². The van der Waals surface area contributed by atoms with Crippen molar-refractivity contribution < 1.29 is 27.7 Å². The van der Waals surface area contributed by atoms with E-state index in [1.165, 1.54) is 14.2 Å². The van der Waals surface area contributed by atoms with Crippen LogP contribution in [0.15, 0.2) is 18.3 Å². The summed E-state index contributed by atoms with van der Waals surface area (Å²) in [6.07, 6.45) is 2.34. The molecule has 0 amide bonds. The van der Waals surface area contributed by atoms with E-state index in [9.17, 15) is 0 Å². The third kappa shape index (κ3) is 4.36. The van der Waals surface area contributed by atoms with Crippen LogP contribution in [0.5, 0.6) is 11.5 Å². The number of nitrogens with two attached hydrogens (primary N) is 1. The van der Waals surface area contributed by atoms with Gasteiger partial charge in [-0.3, -0.25) is 0 Å². The number of benzene rings is 1. The molecule has 36 heavy (non-hydrogen) atoms. The molecule has 3 N–H and O–H groups in total. The smallest absolute Gasteiger partial charge is 0.223 e. The van der Waals surface area contributed by atoms with Crippen LogP contribution >= 0.6 is 0 Å². The monoisotopic (exact) mass is 502 g/mol. The molecule has 2 aromatic heterocycles. The summed E-state index contributed by atoms with van der Waals surface area (Å²) < 4.78 is 51.7. The molecule has 2 saturated heterocycles. The molecule has 0 radical (unpaired) electrons. The first-order valence-corrected chi connectivity index (χ1v) is 11.6. The predicted octanol–water partition coefficient (Wildman–Crippen LogP) is 2.35. The van der Waals surface area contributed by atoms with Crippen LogP contribution in [-0.2, 0) is 9.47 Å². The van der Waals surface area contributed by atoms with Crippen molar-refractivity contribution in [2.45, 2.75) is 24.6 Å². The molecule has 2 atom stereocenters. The number of fused-ring (bicyclic) bond motifs is 1. The van der Waals surface area contributed by atoms with Crippen molar-refractivity contribution in [3.05, 3.63) is 30.0 Å². The van der Waals surface area contributed by atoms with E-state index in [4.69, 9.17) is 24.7 Å². The van der Waals surface area contributed by atoms with Gasteiger partial charge in [0.05, 0.1) is 44.2 Å². The summed E-state index contributed by atoms with van der Waals surface area (Å²) in [5.74, 6) is -1.23. The summed E-state index contributed by atoms with van der Waals surface area (Å²) in [6, 6.07) is 2.48. The lowest BCUT2D eigenvalue weighted by Gasteiger charge is -2.39. The van der Waals surface area contributed by atoms with Crippen molar-refractivity contribution in [2.75, 3.05) is 57.8 Å². The van der Waals surface area contributed by atoms with E-state index < -0.39 is 11.6 Å². The Kier molecular flexibility index (Phi) is 6.73. The molecule has 2 fully saturated rings. The third-order valence-electron chi connectivity index (χ3n) is 6.58. The maximum Gasteiger partial charge on any atom is 0.223 e. The Morgan fingerprint density at radius 1 is 1.08 bits per heavy atom. The molecule has 2 aliphatic rings. The first-order valence-electron chi connectivity index (χ1n) is 11.6. The van der Waals surface area contributed by atoms with Crippen LogP contribution < -0.4 is 25.4 Å². The van der Waals surface area contributed by atoms with Gasteiger partial charge in [-0.25, -0.2) is 23.7 Å². The normalized spacial score (nSPS) is 20.3. The predicted molar refractivity (Wildman–Crippen MR) is 130 cm³/mol. The molecule has 0 spiro atoms. The maximum absolute atomic E-state index is 15.3. The molecule has 5 rings (SSSR count). The third-order valence-corrected chi connectivity index (χ3v) is 6.58. The first-order chi connectivity index (χ1) is 17.4. The Morgan fingerprint density at radius 2 is 1.81 bits per heavy atom. The van der Waals surface area contributed by atoms with Gasteiger partial charge >= 0.3 is 0 Å². The second kappa shape index (κ2) is 9.96. The fourth-order valence-corrected chi connectivity index (χ4v) is 4.38. The Labute approximate surface area is 206 Å². The summed E-state index contributed by atoms with van der Waals surface area (Å²) in [6.45, 7) is 2.18. The highest BCUT2D eigenvalue weighted by atomic mass is 19.1. The molecule has 2 unspecified atom stereocenters. The SMILES string of the molecule is COc1cc(OC)c(F)c(-c2cc3cnc(NC4COCCC4N)nc3c(N3CC(OC)C3)n2)c1F. The minimum absolute atomic E-state index is 0.0210. The summed E-state index contributed by atoms with van der Waals surface area (Å²) in [4.78, 5) is 15.7. The van der Waals surface area contributed by atoms with Crippen LogP contribution in [0.3, 0.4) is 0 Å². The van der Waals surface area contributed by atoms with E-state index in [1.807, 2.05) is 4.90 Å². The quantitative estimate of drug-likeness (QED) is 0.499. The van der Waals surface area contributed by atoms with Gasteiger partial charge in [-0.1, -0.05) is 0 Å². The van der Waals surface area contributed by atoms with E-state index in [0.717, 1.165) is 12.5 Å². The van der Waals surface area contributed by atoms with Crippen molar-refractivity contribution >= 4 is 22.7 Å². The number of methoxy groups -OCH3 is 3. The number of aromatic nitrogens is 3. The molecule has 12 heteroatoms. The summed E-state index contributed by atoms with van der Waals surface area (Å²) in [5.41, 5.74) is 6.46. The average molecular weight is 503 g/mol. The molecular formula is C24H28F2N6O4. The second-order valence-corrected chi connectivity index (χ2v) is 8.79. The molecule has 0 bridgehead atoms. The van der Waals surface area contributed by atoms with E-state index in [1.54, 1.807) is 19.4 Å². The number of rotatable bonds is 7. The number of nitrogens with one attached hydrogen (secondary N) is 1. The molecule has 1 aromatic carbocycles. The van der Waals surface area contributed by atoms with E-state index in [-0.39, 0.29) is 40.9 Å². The molecule has 3 aromatic rings. The Bertz CT molecular complexity index is 1250. The molecule has 10 nitrogen and oxygen atoms in total. The van der Waals surface area contributed by atoms with Gasteiger partial charge in [0, 0.05) is 50.5 Å². The van der Waals surface area contributed by atoms with Gasteiger partial charge in [-0.05, 0) is 12.5 Å². The van der Waals surface area contributed by atoms with Crippen LogP contribution in [0.25, 0.3) is 22.2 Å². The second-order valence-electron chi connectivity index (χ2n) is 8.79. The van der Waals surface area contributed by atoms with Crippen molar-refractivity contribution in [3.8, 4) is 22.8 Å². The van der Waals surface area contributed by atoms with Gasteiger partial charge in [0.2, 0.25) is 5.95 Å². The number of anilines is 2. The highest BCUT2D eigenvalue weighted by Crippen LogP contribution is 2.39. The summed E-state index contributed by atoms with van der Waals surface area (Å²) >= 11 is 0. The molecule has 0 aliphatic carbocycles. The van der Waals surface area contributed by atoms with Crippen LogP contribution in [0.1, 0.15) is 6.42 Å². The molecule has 2 aliphatic heterocycles. The number of halogens is 2. The highest BCUT2D eigenvalue weighted by molar-refractivity contribution is 5.92. The number of pyridine rings is 1. The zero-order chi connectivity index (χ0) is 25.4. The minimum atomic E-state index is -0.877. The maximum atomic E-state index is 15.3. The van der Waals surface area contributed by atoms with Crippen molar-refractivity contribution in [3.63, 3.8) is 0 Å². The number of nitrogens with zero attached hydrogens (tertiary/aromatic N) is 4. The van der Waals surface area contributed by atoms with Gasteiger partial charge in [0.15, 0.2) is 29.0 Å². The van der Waals surface area contributed by atoms with Crippen molar-refractivity contribution in [1.82, 2.24) is 15.0 Å². The first kappa shape index (κ1) is 24.3. The molecule has 192 valence electrons. The molecule has 0 saturated carbocycles. The number of hydrogen-bond acceptors (Lipinski definition) is 10. The Hall–Kier alpha value is -3.35. The van der Waals surface area contributed by atoms with E-state index in [2.05, 4.69) is 20.3 Å². The van der Waals surface area contributed by atoms with Crippen molar-refractivity contribution in [1.29, 1.82) is 0 Å². The fourth-order valence-electron chi connectivity index (χ4n) is 4.38. The zero-order valence-electron chi connectivity index (χ0n) is 20.3. The van der Waals surface area contributed by atoms with Gasteiger partial charge in [0.1, 0.15) is 5.52 Å². The summed E-state index contributed by atoms with van der Waals surface area (Å²) in [7, 11) is 4.24. The van der Waals surface area contributed by atoms with Crippen LogP contribution in [0.2, 0.25) is 0 Å².